The first-order chi connectivity index (χ1) is 7.40. The largest absolute Gasteiger partial charge is 0.314 e. The molecule has 0 amide bonds. The summed E-state index contributed by atoms with van der Waals surface area (Å²) in [4.78, 5) is 0. The summed E-state index contributed by atoms with van der Waals surface area (Å²) in [7, 11) is 0. The third kappa shape index (κ3) is 3.79. The van der Waals surface area contributed by atoms with Crippen LogP contribution in [0.25, 0.3) is 0 Å². The van der Waals surface area contributed by atoms with Crippen molar-refractivity contribution in [3.8, 4) is 0 Å². The molecule has 0 heterocycles. The van der Waals surface area contributed by atoms with Crippen LogP contribution < -0.4 is 5.32 Å². The number of hydrogen-bond acceptors (Lipinski definition) is 1. The molecule has 0 aromatic rings. The predicted molar refractivity (Wildman–Crippen MR) is 66.0 cm³/mol. The Labute approximate surface area is 95.0 Å². The normalized spacial score (nSPS) is 24.6. The molecule has 0 aliphatic heterocycles. The third-order valence-electron chi connectivity index (χ3n) is 4.21. The van der Waals surface area contributed by atoms with E-state index in [2.05, 4.69) is 12.2 Å². The van der Waals surface area contributed by atoms with Gasteiger partial charge in [0.1, 0.15) is 0 Å². The van der Waals surface area contributed by atoms with Crippen LogP contribution >= 0.6 is 0 Å². The highest BCUT2D eigenvalue weighted by Gasteiger charge is 2.27. The van der Waals surface area contributed by atoms with Gasteiger partial charge in [0.15, 0.2) is 0 Å². The van der Waals surface area contributed by atoms with Gasteiger partial charge in [-0.1, -0.05) is 32.6 Å². The maximum Gasteiger partial charge on any atom is 0.00954 e. The van der Waals surface area contributed by atoms with E-state index in [-0.39, 0.29) is 0 Å². The molecule has 1 N–H and O–H groups in total. The molecule has 2 aliphatic carbocycles. The van der Waals surface area contributed by atoms with E-state index < -0.39 is 0 Å². The second-order valence-electron chi connectivity index (χ2n) is 5.63. The molecular weight excluding hydrogens is 182 g/mol. The summed E-state index contributed by atoms with van der Waals surface area (Å²) in [5, 5.41) is 3.79. The molecule has 2 rings (SSSR count). The molecule has 1 atom stereocenters. The first-order valence-electron chi connectivity index (χ1n) is 7.13. The lowest BCUT2D eigenvalue weighted by Gasteiger charge is -2.24. The van der Waals surface area contributed by atoms with Crippen LogP contribution in [0.4, 0.5) is 0 Å². The molecule has 1 nitrogen and oxygen atoms in total. The van der Waals surface area contributed by atoms with E-state index in [0.29, 0.717) is 0 Å². The zero-order chi connectivity index (χ0) is 10.5. The second kappa shape index (κ2) is 5.89. The highest BCUT2D eigenvalue weighted by molar-refractivity contribution is 4.83. The summed E-state index contributed by atoms with van der Waals surface area (Å²) >= 11 is 0. The fourth-order valence-electron chi connectivity index (χ4n) is 3.02. The molecule has 0 saturated heterocycles. The lowest BCUT2D eigenvalue weighted by atomic mass is 9.93. The average molecular weight is 209 g/mol. The molecular formula is C14H27N. The van der Waals surface area contributed by atoms with Crippen LogP contribution in [-0.2, 0) is 0 Å². The van der Waals surface area contributed by atoms with Crippen LogP contribution in [0.3, 0.4) is 0 Å². The third-order valence-corrected chi connectivity index (χ3v) is 4.21. The van der Waals surface area contributed by atoms with E-state index in [9.17, 15) is 0 Å². The Kier molecular flexibility index (Phi) is 4.49. The summed E-state index contributed by atoms with van der Waals surface area (Å²) in [5.41, 5.74) is 0. The number of rotatable bonds is 7. The molecule has 88 valence electrons. The van der Waals surface area contributed by atoms with Gasteiger partial charge >= 0.3 is 0 Å². The quantitative estimate of drug-likeness (QED) is 0.673. The predicted octanol–water partition coefficient (Wildman–Crippen LogP) is 3.74. The van der Waals surface area contributed by atoms with Crippen LogP contribution in [0.5, 0.6) is 0 Å². The van der Waals surface area contributed by atoms with Gasteiger partial charge in [0.25, 0.3) is 0 Å². The van der Waals surface area contributed by atoms with Crippen molar-refractivity contribution >= 4 is 0 Å². The fraction of sp³-hybridized carbons (Fsp3) is 1.00. The highest BCUT2D eigenvalue weighted by atomic mass is 14.9. The van der Waals surface area contributed by atoms with E-state index in [1.54, 1.807) is 0 Å². The minimum atomic E-state index is 0.855. The Balaban J connectivity index is 1.71. The van der Waals surface area contributed by atoms with Crippen molar-refractivity contribution in [3.05, 3.63) is 0 Å². The van der Waals surface area contributed by atoms with E-state index in [1.807, 2.05) is 0 Å². The molecule has 0 spiro atoms. The SMILES string of the molecule is CCCNC(CCC1CC1)C1CCCC1. The number of nitrogens with one attached hydrogen (secondary N) is 1. The number of hydrogen-bond donors (Lipinski definition) is 1. The maximum atomic E-state index is 3.79. The minimum Gasteiger partial charge on any atom is -0.314 e. The van der Waals surface area contributed by atoms with Crippen molar-refractivity contribution < 1.29 is 0 Å². The van der Waals surface area contributed by atoms with Crippen LogP contribution in [0.1, 0.15) is 64.7 Å². The second-order valence-corrected chi connectivity index (χ2v) is 5.63. The monoisotopic (exact) mass is 209 g/mol. The molecule has 0 aromatic heterocycles. The van der Waals surface area contributed by atoms with Crippen molar-refractivity contribution in [1.82, 2.24) is 5.32 Å². The van der Waals surface area contributed by atoms with Gasteiger partial charge in [-0.25, -0.2) is 0 Å². The van der Waals surface area contributed by atoms with Crippen molar-refractivity contribution in [3.63, 3.8) is 0 Å². The summed E-state index contributed by atoms with van der Waals surface area (Å²) < 4.78 is 0. The van der Waals surface area contributed by atoms with Crippen LogP contribution in [0.2, 0.25) is 0 Å². The van der Waals surface area contributed by atoms with E-state index >= 15 is 0 Å². The maximum absolute atomic E-state index is 3.79. The first kappa shape index (κ1) is 11.4. The molecule has 2 aliphatic rings. The minimum absolute atomic E-state index is 0.855. The molecule has 2 saturated carbocycles. The molecule has 0 bridgehead atoms. The van der Waals surface area contributed by atoms with Gasteiger partial charge in [0.2, 0.25) is 0 Å². The first-order valence-corrected chi connectivity index (χ1v) is 7.13. The molecule has 0 radical (unpaired) electrons. The lowest BCUT2D eigenvalue weighted by Crippen LogP contribution is -2.35. The van der Waals surface area contributed by atoms with Crippen molar-refractivity contribution in [2.75, 3.05) is 6.54 Å². The topological polar surface area (TPSA) is 12.0 Å². The average Bonchev–Trinajstić information content (AvgIpc) is 2.92. The Morgan fingerprint density at radius 1 is 1.13 bits per heavy atom. The highest BCUT2D eigenvalue weighted by Crippen LogP contribution is 2.36. The van der Waals surface area contributed by atoms with Gasteiger partial charge in [0, 0.05) is 6.04 Å². The van der Waals surface area contributed by atoms with E-state index in [0.717, 1.165) is 17.9 Å². The van der Waals surface area contributed by atoms with Gasteiger partial charge in [-0.2, -0.15) is 0 Å². The summed E-state index contributed by atoms with van der Waals surface area (Å²) in [6.07, 6.45) is 13.2. The molecule has 0 aromatic carbocycles. The van der Waals surface area contributed by atoms with Crippen molar-refractivity contribution in [2.45, 2.75) is 70.8 Å². The van der Waals surface area contributed by atoms with Crippen LogP contribution in [0.15, 0.2) is 0 Å². The van der Waals surface area contributed by atoms with Gasteiger partial charge < -0.3 is 5.32 Å². The van der Waals surface area contributed by atoms with Gasteiger partial charge in [0.05, 0.1) is 0 Å². The zero-order valence-electron chi connectivity index (χ0n) is 10.3. The smallest absolute Gasteiger partial charge is 0.00954 e. The van der Waals surface area contributed by atoms with Crippen molar-refractivity contribution in [1.29, 1.82) is 0 Å². The summed E-state index contributed by atoms with van der Waals surface area (Å²) in [5.74, 6) is 2.12. The van der Waals surface area contributed by atoms with Crippen molar-refractivity contribution in [2.24, 2.45) is 11.8 Å². The summed E-state index contributed by atoms with van der Waals surface area (Å²) in [6, 6.07) is 0.855. The molecule has 1 heteroatoms. The molecule has 15 heavy (non-hydrogen) atoms. The Morgan fingerprint density at radius 3 is 2.47 bits per heavy atom. The Bertz CT molecular complexity index is 168. The van der Waals surface area contributed by atoms with Crippen LogP contribution in [-0.4, -0.2) is 12.6 Å². The Morgan fingerprint density at radius 2 is 1.87 bits per heavy atom. The van der Waals surface area contributed by atoms with Gasteiger partial charge in [-0.05, 0) is 50.5 Å². The van der Waals surface area contributed by atoms with Gasteiger partial charge in [-0.3, -0.25) is 0 Å². The molecule has 2 fully saturated rings. The fourth-order valence-corrected chi connectivity index (χ4v) is 3.02. The molecule has 1 unspecified atom stereocenters. The summed E-state index contributed by atoms with van der Waals surface area (Å²) in [6.45, 7) is 3.51. The standard InChI is InChI=1S/C14H27N/c1-2-11-15-14(10-9-12-7-8-12)13-5-3-4-6-13/h12-15H,2-11H2,1H3. The van der Waals surface area contributed by atoms with E-state index in [1.165, 1.54) is 64.3 Å². The zero-order valence-corrected chi connectivity index (χ0v) is 10.3. The van der Waals surface area contributed by atoms with E-state index in [4.69, 9.17) is 0 Å². The van der Waals surface area contributed by atoms with Gasteiger partial charge in [-0.15, -0.1) is 0 Å². The lowest BCUT2D eigenvalue weighted by molar-refractivity contribution is 0.329. The van der Waals surface area contributed by atoms with Crippen LogP contribution in [0, 0.1) is 11.8 Å². The Hall–Kier alpha value is -0.0400.